The van der Waals surface area contributed by atoms with Gasteiger partial charge in [-0.15, -0.1) is 0 Å². The van der Waals surface area contributed by atoms with E-state index in [1.54, 1.807) is 19.6 Å². The first-order chi connectivity index (χ1) is 29.3. The minimum absolute atomic E-state index is 0.0187. The summed E-state index contributed by atoms with van der Waals surface area (Å²) in [6.45, 7) is -1.08. The van der Waals surface area contributed by atoms with E-state index < -0.39 is 95.7 Å². The highest BCUT2D eigenvalue weighted by atomic mass is 19.4. The van der Waals surface area contributed by atoms with Crippen molar-refractivity contribution in [1.29, 1.82) is 0 Å². The van der Waals surface area contributed by atoms with Crippen LogP contribution in [0.25, 0.3) is 0 Å². The van der Waals surface area contributed by atoms with Crippen LogP contribution in [-0.2, 0) is 60.1 Å². The summed E-state index contributed by atoms with van der Waals surface area (Å²) < 4.78 is 102. The Kier molecular flexibility index (Phi) is 20.0. The summed E-state index contributed by atoms with van der Waals surface area (Å²) >= 11 is 0. The number of benzene rings is 2. The molecule has 344 valence electrons. The van der Waals surface area contributed by atoms with Crippen molar-refractivity contribution in [3.8, 4) is 0 Å². The lowest BCUT2D eigenvalue weighted by Crippen LogP contribution is -2.54. The standard InChI is InChI=1S/C40H52F6N6O10/c1-59-35(55)15-13-31(37(57)61-3)51-21-17-49(25-33(53)47-29-11-7-5-9-27(29)39(41,42)43)19-23-52(32(38(58)62-4)14-16-36(56)60-2)24-20-50(18-22-51)26-34(54)48-30-12-8-6-10-28(30)40(44,45)46/h5-12,31-32H,13-26H2,1-4H3,(H,47,53)(H,48,54)/t31-,32-/m1/s1. The summed E-state index contributed by atoms with van der Waals surface area (Å²) in [7, 11) is 4.62. The van der Waals surface area contributed by atoms with E-state index in [-0.39, 0.29) is 78.0 Å². The van der Waals surface area contributed by atoms with Gasteiger partial charge in [-0.25, -0.2) is 0 Å². The Morgan fingerprint density at radius 3 is 1.15 bits per heavy atom. The fourth-order valence-electron chi connectivity index (χ4n) is 6.81. The van der Waals surface area contributed by atoms with E-state index in [4.69, 9.17) is 18.9 Å². The van der Waals surface area contributed by atoms with Gasteiger partial charge in [0.25, 0.3) is 0 Å². The van der Waals surface area contributed by atoms with Crippen LogP contribution in [0.4, 0.5) is 37.7 Å². The maximum absolute atomic E-state index is 13.8. The van der Waals surface area contributed by atoms with Crippen molar-refractivity contribution in [3.05, 3.63) is 59.7 Å². The van der Waals surface area contributed by atoms with Crippen LogP contribution in [0.5, 0.6) is 0 Å². The molecule has 62 heavy (non-hydrogen) atoms. The predicted octanol–water partition coefficient (Wildman–Crippen LogP) is 3.51. The van der Waals surface area contributed by atoms with E-state index in [0.29, 0.717) is 0 Å². The normalized spacial score (nSPS) is 16.4. The number of anilines is 2. The summed E-state index contributed by atoms with van der Waals surface area (Å²) in [5, 5.41) is 4.64. The minimum Gasteiger partial charge on any atom is -0.469 e. The highest BCUT2D eigenvalue weighted by Gasteiger charge is 2.36. The van der Waals surface area contributed by atoms with Crippen molar-refractivity contribution in [2.24, 2.45) is 0 Å². The van der Waals surface area contributed by atoms with Crippen LogP contribution in [0.3, 0.4) is 0 Å². The quantitative estimate of drug-likeness (QED) is 0.142. The second kappa shape index (κ2) is 24.4. The SMILES string of the molecule is COC(=O)CC[C@H](C(=O)OC)N1CCN(CC(=O)Nc2ccccc2C(F)(F)F)CCN([C@H](CCC(=O)OC)C(=O)OC)CCN(CC(=O)Nc2ccccc2C(F)(F)F)CC1. The molecule has 0 saturated carbocycles. The molecule has 2 N–H and O–H groups in total. The number of hydrogen-bond donors (Lipinski definition) is 2. The number of esters is 4. The number of hydrogen-bond acceptors (Lipinski definition) is 14. The maximum Gasteiger partial charge on any atom is 0.418 e. The minimum atomic E-state index is -4.78. The Bertz CT molecular complexity index is 1690. The first-order valence-corrected chi connectivity index (χ1v) is 19.4. The molecule has 1 fully saturated rings. The number of rotatable bonds is 16. The molecule has 2 aromatic rings. The summed E-state index contributed by atoms with van der Waals surface area (Å²) in [6.07, 6.45) is -10.1. The van der Waals surface area contributed by atoms with E-state index in [2.05, 4.69) is 10.6 Å². The predicted molar refractivity (Wildman–Crippen MR) is 210 cm³/mol. The fraction of sp³-hybridized carbons (Fsp3) is 0.550. The molecule has 16 nitrogen and oxygen atoms in total. The third-order valence-electron chi connectivity index (χ3n) is 10.1. The highest BCUT2D eigenvalue weighted by Crippen LogP contribution is 2.35. The molecular weight excluding hydrogens is 838 g/mol. The van der Waals surface area contributed by atoms with Crippen LogP contribution in [0.1, 0.15) is 36.8 Å². The van der Waals surface area contributed by atoms with Gasteiger partial charge in [0, 0.05) is 65.2 Å². The summed E-state index contributed by atoms with van der Waals surface area (Å²) in [6, 6.07) is 6.69. The van der Waals surface area contributed by atoms with E-state index in [0.717, 1.165) is 38.5 Å². The number of halogens is 6. The monoisotopic (exact) mass is 890 g/mol. The lowest BCUT2D eigenvalue weighted by molar-refractivity contribution is -0.149. The fourth-order valence-corrected chi connectivity index (χ4v) is 6.81. The zero-order valence-corrected chi connectivity index (χ0v) is 34.8. The van der Waals surface area contributed by atoms with E-state index in [1.807, 2.05) is 0 Å². The van der Waals surface area contributed by atoms with Gasteiger partial charge in [0.05, 0.1) is 64.0 Å². The van der Waals surface area contributed by atoms with Crippen LogP contribution in [0.2, 0.25) is 0 Å². The molecule has 2 amide bonds. The van der Waals surface area contributed by atoms with E-state index >= 15 is 0 Å². The van der Waals surface area contributed by atoms with Crippen LogP contribution in [0.15, 0.2) is 48.5 Å². The number of nitrogens with zero attached hydrogens (tertiary/aromatic N) is 4. The molecule has 1 aliphatic rings. The smallest absolute Gasteiger partial charge is 0.418 e. The highest BCUT2D eigenvalue weighted by molar-refractivity contribution is 5.93. The number of ether oxygens (including phenoxy) is 4. The van der Waals surface area contributed by atoms with Gasteiger partial charge < -0.3 is 29.6 Å². The van der Waals surface area contributed by atoms with Gasteiger partial charge in [-0.2, -0.15) is 26.3 Å². The molecular formula is C40H52F6N6O10. The number of amides is 2. The van der Waals surface area contributed by atoms with Crippen molar-refractivity contribution in [2.45, 2.75) is 50.1 Å². The molecule has 1 aliphatic heterocycles. The topological polar surface area (TPSA) is 176 Å². The zero-order chi connectivity index (χ0) is 46.0. The molecule has 0 aliphatic carbocycles. The van der Waals surface area contributed by atoms with Crippen LogP contribution >= 0.6 is 0 Å². The molecule has 1 saturated heterocycles. The summed E-state index contributed by atoms with van der Waals surface area (Å²) in [5.41, 5.74) is -3.09. The molecule has 0 unspecified atom stereocenters. The van der Waals surface area contributed by atoms with Crippen molar-refractivity contribution >= 4 is 47.1 Å². The summed E-state index contributed by atoms with van der Waals surface area (Å²) in [5.74, 6) is -4.37. The van der Waals surface area contributed by atoms with Gasteiger partial charge in [0.2, 0.25) is 11.8 Å². The molecule has 2 atom stereocenters. The number of nitrogens with one attached hydrogen (secondary N) is 2. The number of methoxy groups -OCH3 is 4. The molecule has 0 aromatic heterocycles. The Hall–Kier alpha value is -5.32. The molecule has 2 aromatic carbocycles. The third-order valence-corrected chi connectivity index (χ3v) is 10.1. The largest absolute Gasteiger partial charge is 0.469 e. The number of alkyl halides is 6. The van der Waals surface area contributed by atoms with Gasteiger partial charge >= 0.3 is 36.2 Å². The molecule has 22 heteroatoms. The average Bonchev–Trinajstić information content (AvgIpc) is 3.22. The maximum atomic E-state index is 13.8. The lowest BCUT2D eigenvalue weighted by Gasteiger charge is -2.37. The lowest BCUT2D eigenvalue weighted by atomic mass is 10.1. The van der Waals surface area contributed by atoms with Gasteiger partial charge in [-0.1, -0.05) is 24.3 Å². The molecule has 0 radical (unpaired) electrons. The van der Waals surface area contributed by atoms with Crippen LogP contribution < -0.4 is 10.6 Å². The average molecular weight is 891 g/mol. The van der Waals surface area contributed by atoms with Gasteiger partial charge in [-0.05, 0) is 37.1 Å². The van der Waals surface area contributed by atoms with Crippen LogP contribution in [-0.4, -0.2) is 161 Å². The van der Waals surface area contributed by atoms with Gasteiger partial charge in [-0.3, -0.25) is 48.4 Å². The van der Waals surface area contributed by atoms with Crippen molar-refractivity contribution in [1.82, 2.24) is 19.6 Å². The molecule has 0 bridgehead atoms. The molecule has 1 heterocycles. The third kappa shape index (κ3) is 16.2. The second-order valence-corrected chi connectivity index (χ2v) is 14.1. The van der Waals surface area contributed by atoms with Crippen LogP contribution in [0, 0.1) is 0 Å². The number of carbonyl (C=O) groups excluding carboxylic acids is 6. The Labute approximate surface area is 354 Å². The van der Waals surface area contributed by atoms with Crippen molar-refractivity contribution < 1.29 is 74.1 Å². The second-order valence-electron chi connectivity index (χ2n) is 14.1. The van der Waals surface area contributed by atoms with Crippen molar-refractivity contribution in [2.75, 3.05) is 105 Å². The first-order valence-electron chi connectivity index (χ1n) is 19.4. The number of para-hydroxylation sites is 2. The Balaban J connectivity index is 2.04. The van der Waals surface area contributed by atoms with E-state index in [9.17, 15) is 55.1 Å². The summed E-state index contributed by atoms with van der Waals surface area (Å²) in [4.78, 5) is 84.2. The van der Waals surface area contributed by atoms with Crippen molar-refractivity contribution in [3.63, 3.8) is 0 Å². The number of carbonyl (C=O) groups is 6. The van der Waals surface area contributed by atoms with Gasteiger partial charge in [0.1, 0.15) is 12.1 Å². The Morgan fingerprint density at radius 2 is 0.855 bits per heavy atom. The zero-order valence-electron chi connectivity index (χ0n) is 34.8. The first kappa shape index (κ1) is 51.0. The van der Waals surface area contributed by atoms with E-state index in [1.165, 1.54) is 38.5 Å². The van der Waals surface area contributed by atoms with Gasteiger partial charge in [0.15, 0.2) is 0 Å². The molecule has 0 spiro atoms. The molecule has 3 rings (SSSR count). The Morgan fingerprint density at radius 1 is 0.532 bits per heavy atom.